The topological polar surface area (TPSA) is 88.1 Å². The highest BCUT2D eigenvalue weighted by Gasteiger charge is 2.19. The molecular weight excluding hydrogens is 349 g/mol. The molecule has 0 bridgehead atoms. The predicted molar refractivity (Wildman–Crippen MR) is 94.0 cm³/mol. The normalized spacial score (nSPS) is 11.3. The van der Waals surface area contributed by atoms with Crippen molar-refractivity contribution in [3.63, 3.8) is 0 Å². The molecule has 1 heterocycles. The lowest BCUT2D eigenvalue weighted by atomic mass is 10.1. The first-order valence-electron chi connectivity index (χ1n) is 7.49. The number of hydrogen-bond acceptors (Lipinski definition) is 4. The maximum Gasteiger partial charge on any atom is 0.254 e. The Morgan fingerprint density at radius 2 is 1.92 bits per heavy atom. The second-order valence-electron chi connectivity index (χ2n) is 5.20. The van der Waals surface area contributed by atoms with E-state index >= 15 is 0 Å². The van der Waals surface area contributed by atoms with Crippen molar-refractivity contribution in [2.75, 3.05) is 20.1 Å². The molecule has 0 fully saturated rings. The van der Waals surface area contributed by atoms with Crippen molar-refractivity contribution in [3.8, 4) is 0 Å². The second-order valence-corrected chi connectivity index (χ2v) is 5.20. The zero-order chi connectivity index (χ0) is 17.5. The first kappa shape index (κ1) is 20.6. The largest absolute Gasteiger partial charge is 0.353 e. The van der Waals surface area contributed by atoms with Gasteiger partial charge in [0.2, 0.25) is 5.91 Å². The number of hydrogen-bond donors (Lipinski definition) is 3. The van der Waals surface area contributed by atoms with Crippen molar-refractivity contribution < 1.29 is 14.0 Å². The van der Waals surface area contributed by atoms with Gasteiger partial charge in [0.1, 0.15) is 11.9 Å². The number of rotatable bonds is 7. The van der Waals surface area contributed by atoms with E-state index in [-0.39, 0.29) is 37.0 Å². The zero-order valence-corrected chi connectivity index (χ0v) is 14.8. The number of nitrogens with zero attached hydrogens (tertiary/aromatic N) is 2. The van der Waals surface area contributed by atoms with Crippen LogP contribution in [0.4, 0.5) is 4.39 Å². The van der Waals surface area contributed by atoms with Crippen LogP contribution in [0.15, 0.2) is 36.7 Å². The van der Waals surface area contributed by atoms with Crippen LogP contribution in [0.2, 0.25) is 0 Å². The molecule has 9 heteroatoms. The minimum atomic E-state index is -0.578. The van der Waals surface area contributed by atoms with Gasteiger partial charge in [-0.2, -0.15) is 5.10 Å². The van der Waals surface area contributed by atoms with Gasteiger partial charge in [-0.05, 0) is 19.2 Å². The molecule has 136 valence electrons. The van der Waals surface area contributed by atoms with Crippen LogP contribution in [0.3, 0.4) is 0 Å². The average molecular weight is 370 g/mol. The van der Waals surface area contributed by atoms with E-state index in [0.29, 0.717) is 0 Å². The number of carbonyl (C=O) groups is 2. The first-order valence-corrected chi connectivity index (χ1v) is 7.49. The molecule has 25 heavy (non-hydrogen) atoms. The molecule has 2 aromatic rings. The summed E-state index contributed by atoms with van der Waals surface area (Å²) >= 11 is 0. The van der Waals surface area contributed by atoms with Gasteiger partial charge in [-0.15, -0.1) is 12.4 Å². The van der Waals surface area contributed by atoms with Gasteiger partial charge in [-0.25, -0.2) is 4.39 Å². The molecule has 1 atom stereocenters. The zero-order valence-electron chi connectivity index (χ0n) is 14.0. The summed E-state index contributed by atoms with van der Waals surface area (Å²) in [6, 6.07) is 5.21. The minimum absolute atomic E-state index is 0. The van der Waals surface area contributed by atoms with Crippen LogP contribution >= 0.6 is 12.4 Å². The van der Waals surface area contributed by atoms with Crippen molar-refractivity contribution in [2.45, 2.75) is 6.04 Å². The number of amides is 2. The first-order chi connectivity index (χ1) is 11.5. The maximum absolute atomic E-state index is 13.5. The van der Waals surface area contributed by atoms with Crippen LogP contribution < -0.4 is 16.0 Å². The highest BCUT2D eigenvalue weighted by Crippen LogP contribution is 2.10. The molecule has 1 aromatic carbocycles. The van der Waals surface area contributed by atoms with E-state index in [1.807, 2.05) is 0 Å². The van der Waals surface area contributed by atoms with Crippen LogP contribution in [0, 0.1) is 5.82 Å². The van der Waals surface area contributed by atoms with E-state index in [4.69, 9.17) is 0 Å². The number of aryl methyl sites for hydroxylation is 1. The molecule has 0 radical (unpaired) electrons. The highest BCUT2D eigenvalue weighted by molar-refractivity contribution is 5.94. The van der Waals surface area contributed by atoms with Crippen LogP contribution in [0.5, 0.6) is 0 Å². The molecule has 3 N–H and O–H groups in total. The average Bonchev–Trinajstić information content (AvgIpc) is 2.98. The third-order valence-electron chi connectivity index (χ3n) is 3.44. The summed E-state index contributed by atoms with van der Waals surface area (Å²) in [6.45, 7) is 0.430. The molecule has 7 nitrogen and oxygen atoms in total. The van der Waals surface area contributed by atoms with Gasteiger partial charge in [-0.3, -0.25) is 14.3 Å². The molecule has 0 aliphatic heterocycles. The lowest BCUT2D eigenvalue weighted by Crippen LogP contribution is -2.40. The molecule has 2 rings (SSSR count). The van der Waals surface area contributed by atoms with E-state index in [9.17, 15) is 14.0 Å². The number of nitrogens with one attached hydrogen (secondary N) is 3. The van der Waals surface area contributed by atoms with Crippen molar-refractivity contribution in [3.05, 3.63) is 53.6 Å². The SMILES string of the molecule is CNC(C(=O)NCCNC(=O)c1ccccc1F)c1cnn(C)c1.Cl. The second kappa shape index (κ2) is 9.75. The predicted octanol–water partition coefficient (Wildman–Crippen LogP) is 0.788. The summed E-state index contributed by atoms with van der Waals surface area (Å²) in [6.07, 6.45) is 3.36. The van der Waals surface area contributed by atoms with E-state index in [2.05, 4.69) is 21.0 Å². The molecule has 0 aliphatic rings. The number of carbonyl (C=O) groups excluding carboxylic acids is 2. The van der Waals surface area contributed by atoms with Gasteiger partial charge in [0.05, 0.1) is 11.8 Å². The Balaban J connectivity index is 0.00000312. The third-order valence-corrected chi connectivity index (χ3v) is 3.44. The Kier molecular flexibility index (Phi) is 8.03. The number of aromatic nitrogens is 2. The van der Waals surface area contributed by atoms with Crippen LogP contribution in [-0.4, -0.2) is 41.7 Å². The number of likely N-dealkylation sites (N-methyl/N-ethyl adjacent to an activating group) is 1. The van der Waals surface area contributed by atoms with Gasteiger partial charge >= 0.3 is 0 Å². The Morgan fingerprint density at radius 1 is 1.24 bits per heavy atom. The van der Waals surface area contributed by atoms with E-state index < -0.39 is 17.8 Å². The van der Waals surface area contributed by atoms with Crippen LogP contribution in [0.25, 0.3) is 0 Å². The standard InChI is InChI=1S/C16H20FN5O2.ClH/c1-18-14(11-9-21-22(2)10-11)16(24)20-8-7-19-15(23)12-5-3-4-6-13(12)17;/h3-6,9-10,14,18H,7-8H2,1-2H3,(H,19,23)(H,20,24);1H. The van der Waals surface area contributed by atoms with Gasteiger partial charge in [-0.1, -0.05) is 12.1 Å². The third kappa shape index (κ3) is 5.54. The number of halogens is 2. The van der Waals surface area contributed by atoms with Gasteiger partial charge in [0, 0.05) is 31.9 Å². The Labute approximate surface area is 151 Å². The lowest BCUT2D eigenvalue weighted by Gasteiger charge is -2.14. The van der Waals surface area contributed by atoms with Crippen molar-refractivity contribution in [1.29, 1.82) is 0 Å². The smallest absolute Gasteiger partial charge is 0.254 e. The van der Waals surface area contributed by atoms with Crippen LogP contribution in [-0.2, 0) is 11.8 Å². The fourth-order valence-electron chi connectivity index (χ4n) is 2.24. The molecule has 2 amide bonds. The van der Waals surface area contributed by atoms with E-state index in [0.717, 1.165) is 5.56 Å². The van der Waals surface area contributed by atoms with Crippen molar-refractivity contribution >= 4 is 24.2 Å². The van der Waals surface area contributed by atoms with Gasteiger partial charge < -0.3 is 16.0 Å². The van der Waals surface area contributed by atoms with E-state index in [1.54, 1.807) is 37.2 Å². The quantitative estimate of drug-likeness (QED) is 0.630. The van der Waals surface area contributed by atoms with Gasteiger partial charge in [0.25, 0.3) is 5.91 Å². The fourth-order valence-corrected chi connectivity index (χ4v) is 2.24. The molecule has 0 aliphatic carbocycles. The monoisotopic (exact) mass is 369 g/mol. The van der Waals surface area contributed by atoms with Crippen LogP contribution in [0.1, 0.15) is 22.0 Å². The molecule has 0 saturated heterocycles. The molecule has 1 unspecified atom stereocenters. The summed E-state index contributed by atoms with van der Waals surface area (Å²) in [5.41, 5.74) is 0.722. The molecule has 0 spiro atoms. The highest BCUT2D eigenvalue weighted by atomic mass is 35.5. The Bertz CT molecular complexity index is 722. The minimum Gasteiger partial charge on any atom is -0.353 e. The molecular formula is C16H21ClFN5O2. The lowest BCUT2D eigenvalue weighted by molar-refractivity contribution is -0.123. The van der Waals surface area contributed by atoms with E-state index in [1.165, 1.54) is 18.2 Å². The summed E-state index contributed by atoms with van der Waals surface area (Å²) in [5.74, 6) is -1.32. The van der Waals surface area contributed by atoms with Crippen molar-refractivity contribution in [1.82, 2.24) is 25.7 Å². The fraction of sp³-hybridized carbons (Fsp3) is 0.312. The molecule has 0 saturated carbocycles. The maximum atomic E-state index is 13.5. The van der Waals surface area contributed by atoms with Crippen molar-refractivity contribution in [2.24, 2.45) is 7.05 Å². The summed E-state index contributed by atoms with van der Waals surface area (Å²) in [5, 5.41) is 12.2. The Morgan fingerprint density at radius 3 is 2.52 bits per heavy atom. The summed E-state index contributed by atoms with van der Waals surface area (Å²) < 4.78 is 15.1. The van der Waals surface area contributed by atoms with Gasteiger partial charge in [0.15, 0.2) is 0 Å². The Hall–Kier alpha value is -2.45. The summed E-state index contributed by atoms with van der Waals surface area (Å²) in [7, 11) is 3.45. The molecule has 1 aromatic heterocycles. The number of benzene rings is 1. The summed E-state index contributed by atoms with van der Waals surface area (Å²) in [4.78, 5) is 24.0.